The van der Waals surface area contributed by atoms with Crippen molar-refractivity contribution in [1.29, 1.82) is 0 Å². The summed E-state index contributed by atoms with van der Waals surface area (Å²) in [6, 6.07) is 1.72. The van der Waals surface area contributed by atoms with Crippen molar-refractivity contribution in [1.82, 2.24) is 9.88 Å². The van der Waals surface area contributed by atoms with Crippen LogP contribution in [0.3, 0.4) is 0 Å². The molecule has 2 N–H and O–H groups in total. The Morgan fingerprint density at radius 3 is 2.95 bits per heavy atom. The molecule has 1 fully saturated rings. The fraction of sp³-hybridized carbons (Fsp3) is 0.571. The van der Waals surface area contributed by atoms with Gasteiger partial charge >= 0.3 is 0 Å². The van der Waals surface area contributed by atoms with Crippen LogP contribution in [0.1, 0.15) is 30.1 Å². The van der Waals surface area contributed by atoms with Crippen LogP contribution in [0.15, 0.2) is 12.3 Å². The molecule has 1 aliphatic carbocycles. The highest BCUT2D eigenvalue weighted by molar-refractivity contribution is 6.33. The van der Waals surface area contributed by atoms with Gasteiger partial charge in [0, 0.05) is 25.9 Å². The Morgan fingerprint density at radius 2 is 2.35 bits per heavy atom. The van der Waals surface area contributed by atoms with Crippen molar-refractivity contribution < 1.29 is 9.53 Å². The Hall–Kier alpha value is -1.33. The number of aromatic nitrogens is 1. The van der Waals surface area contributed by atoms with Crippen molar-refractivity contribution in [3.8, 4) is 0 Å². The molecule has 1 unspecified atom stereocenters. The van der Waals surface area contributed by atoms with Crippen LogP contribution in [-0.2, 0) is 4.74 Å². The van der Waals surface area contributed by atoms with E-state index in [-0.39, 0.29) is 11.9 Å². The highest BCUT2D eigenvalue weighted by Crippen LogP contribution is 2.36. The molecule has 0 radical (unpaired) electrons. The number of rotatable bonds is 6. The molecule has 110 valence electrons. The van der Waals surface area contributed by atoms with E-state index in [9.17, 15) is 4.79 Å². The predicted molar refractivity (Wildman–Crippen MR) is 78.8 cm³/mol. The number of anilines is 1. The van der Waals surface area contributed by atoms with Crippen molar-refractivity contribution in [3.05, 3.63) is 22.8 Å². The average Bonchev–Trinajstić information content (AvgIpc) is 3.26. The topological polar surface area (TPSA) is 68.5 Å². The third kappa shape index (κ3) is 3.41. The zero-order valence-electron chi connectivity index (χ0n) is 11.8. The van der Waals surface area contributed by atoms with E-state index >= 15 is 0 Å². The molecular formula is C14H20ClN3O2. The first-order valence-corrected chi connectivity index (χ1v) is 7.13. The lowest BCUT2D eigenvalue weighted by Gasteiger charge is -2.29. The van der Waals surface area contributed by atoms with Crippen molar-refractivity contribution in [2.45, 2.75) is 25.8 Å². The van der Waals surface area contributed by atoms with Gasteiger partial charge in [0.25, 0.3) is 5.91 Å². The van der Waals surface area contributed by atoms with E-state index in [0.29, 0.717) is 35.5 Å². The standard InChI is InChI=1S/C14H20ClN3O2/c1-9(10-3-4-10)18(5-6-20-2)14(19)11-7-13(16)17-8-12(11)15/h7-10H,3-6H2,1-2H3,(H2,16,17). The van der Waals surface area contributed by atoms with Crippen LogP contribution in [0.5, 0.6) is 0 Å². The second-order valence-corrected chi connectivity index (χ2v) is 5.57. The summed E-state index contributed by atoms with van der Waals surface area (Å²) in [6.07, 6.45) is 3.76. The maximum atomic E-state index is 12.7. The predicted octanol–water partition coefficient (Wildman–Crippen LogP) is 2.20. The zero-order chi connectivity index (χ0) is 14.7. The third-order valence-corrected chi connectivity index (χ3v) is 4.00. The van der Waals surface area contributed by atoms with E-state index < -0.39 is 0 Å². The molecule has 20 heavy (non-hydrogen) atoms. The fourth-order valence-electron chi connectivity index (χ4n) is 2.29. The number of carbonyl (C=O) groups excluding carboxylic acids is 1. The van der Waals surface area contributed by atoms with Crippen LogP contribution >= 0.6 is 11.6 Å². The molecule has 1 amide bonds. The lowest BCUT2D eigenvalue weighted by Crippen LogP contribution is -2.42. The Bertz CT molecular complexity index is 491. The van der Waals surface area contributed by atoms with Crippen molar-refractivity contribution in [2.24, 2.45) is 5.92 Å². The Labute approximate surface area is 124 Å². The highest BCUT2D eigenvalue weighted by Gasteiger charge is 2.35. The van der Waals surface area contributed by atoms with Gasteiger partial charge in [-0.3, -0.25) is 4.79 Å². The van der Waals surface area contributed by atoms with Gasteiger partial charge in [-0.2, -0.15) is 0 Å². The maximum Gasteiger partial charge on any atom is 0.255 e. The van der Waals surface area contributed by atoms with Gasteiger partial charge in [0.05, 0.1) is 17.2 Å². The maximum absolute atomic E-state index is 12.7. The number of pyridine rings is 1. The van der Waals surface area contributed by atoms with E-state index in [0.717, 1.165) is 0 Å². The first-order valence-electron chi connectivity index (χ1n) is 6.75. The zero-order valence-corrected chi connectivity index (χ0v) is 12.6. The summed E-state index contributed by atoms with van der Waals surface area (Å²) in [4.78, 5) is 18.4. The number of amides is 1. The van der Waals surface area contributed by atoms with Crippen LogP contribution in [-0.4, -0.2) is 42.1 Å². The van der Waals surface area contributed by atoms with E-state index in [4.69, 9.17) is 22.1 Å². The van der Waals surface area contributed by atoms with Gasteiger partial charge in [0.2, 0.25) is 0 Å². The molecule has 1 aromatic rings. The Kier molecular flexibility index (Phi) is 4.83. The minimum absolute atomic E-state index is 0.111. The largest absolute Gasteiger partial charge is 0.384 e. The third-order valence-electron chi connectivity index (χ3n) is 3.70. The molecule has 0 aliphatic heterocycles. The molecule has 0 spiro atoms. The molecule has 5 nitrogen and oxygen atoms in total. The van der Waals surface area contributed by atoms with Gasteiger partial charge in [-0.05, 0) is 31.7 Å². The van der Waals surface area contributed by atoms with Crippen molar-refractivity contribution in [2.75, 3.05) is 26.0 Å². The van der Waals surface area contributed by atoms with Gasteiger partial charge in [-0.15, -0.1) is 0 Å². The first-order chi connectivity index (χ1) is 9.54. The monoisotopic (exact) mass is 297 g/mol. The molecule has 0 saturated heterocycles. The lowest BCUT2D eigenvalue weighted by atomic mass is 10.1. The molecule has 1 atom stereocenters. The summed E-state index contributed by atoms with van der Waals surface area (Å²) >= 11 is 6.07. The van der Waals surface area contributed by atoms with E-state index in [1.165, 1.54) is 25.1 Å². The first kappa shape index (κ1) is 15.1. The number of nitrogens with two attached hydrogens (primary N) is 1. The quantitative estimate of drug-likeness (QED) is 0.874. The summed E-state index contributed by atoms with van der Waals surface area (Å²) < 4.78 is 5.10. The molecule has 2 rings (SSSR count). The normalized spacial score (nSPS) is 15.9. The molecule has 1 saturated carbocycles. The van der Waals surface area contributed by atoms with Gasteiger partial charge < -0.3 is 15.4 Å². The van der Waals surface area contributed by atoms with Crippen LogP contribution in [0, 0.1) is 5.92 Å². The summed E-state index contributed by atoms with van der Waals surface area (Å²) in [5.74, 6) is 0.762. The highest BCUT2D eigenvalue weighted by atomic mass is 35.5. The van der Waals surface area contributed by atoms with Crippen LogP contribution in [0.4, 0.5) is 5.82 Å². The average molecular weight is 298 g/mol. The Morgan fingerprint density at radius 1 is 1.65 bits per heavy atom. The summed E-state index contributed by atoms with van der Waals surface area (Å²) in [6.45, 7) is 3.12. The molecular weight excluding hydrogens is 278 g/mol. The molecule has 1 aromatic heterocycles. The smallest absolute Gasteiger partial charge is 0.255 e. The lowest BCUT2D eigenvalue weighted by molar-refractivity contribution is 0.0595. The number of nitrogen functional groups attached to an aromatic ring is 1. The minimum atomic E-state index is -0.111. The number of carbonyl (C=O) groups is 1. The molecule has 6 heteroatoms. The molecule has 0 bridgehead atoms. The summed E-state index contributed by atoms with van der Waals surface area (Å²) in [7, 11) is 1.63. The number of hydrogen-bond donors (Lipinski definition) is 1. The van der Waals surface area contributed by atoms with Gasteiger partial charge in [-0.1, -0.05) is 11.6 Å². The van der Waals surface area contributed by atoms with Crippen LogP contribution in [0.25, 0.3) is 0 Å². The van der Waals surface area contributed by atoms with Crippen LogP contribution in [0.2, 0.25) is 5.02 Å². The van der Waals surface area contributed by atoms with Crippen molar-refractivity contribution in [3.63, 3.8) is 0 Å². The SMILES string of the molecule is COCCN(C(=O)c1cc(N)ncc1Cl)C(C)C1CC1. The van der Waals surface area contributed by atoms with Gasteiger partial charge in [0.15, 0.2) is 0 Å². The number of nitrogens with zero attached hydrogens (tertiary/aromatic N) is 2. The molecule has 1 aliphatic rings. The van der Waals surface area contributed by atoms with Gasteiger partial charge in [-0.25, -0.2) is 4.98 Å². The molecule has 0 aromatic carbocycles. The Balaban J connectivity index is 2.22. The number of ether oxygens (including phenoxy) is 1. The fourth-order valence-corrected chi connectivity index (χ4v) is 2.47. The van der Waals surface area contributed by atoms with Crippen LogP contribution < -0.4 is 5.73 Å². The minimum Gasteiger partial charge on any atom is -0.384 e. The number of methoxy groups -OCH3 is 1. The summed E-state index contributed by atoms with van der Waals surface area (Å²) in [5.41, 5.74) is 6.05. The number of halogens is 1. The second-order valence-electron chi connectivity index (χ2n) is 5.16. The number of hydrogen-bond acceptors (Lipinski definition) is 4. The molecule has 1 heterocycles. The van der Waals surface area contributed by atoms with Crippen molar-refractivity contribution >= 4 is 23.3 Å². The second kappa shape index (κ2) is 6.41. The van der Waals surface area contributed by atoms with E-state index in [2.05, 4.69) is 11.9 Å². The van der Waals surface area contributed by atoms with Gasteiger partial charge in [0.1, 0.15) is 5.82 Å². The van der Waals surface area contributed by atoms with E-state index in [1.54, 1.807) is 7.11 Å². The van der Waals surface area contributed by atoms with E-state index in [1.807, 2.05) is 4.90 Å². The summed E-state index contributed by atoms with van der Waals surface area (Å²) in [5, 5.41) is 0.328.